The van der Waals surface area contributed by atoms with Crippen molar-refractivity contribution in [1.29, 1.82) is 0 Å². The molecular formula is C14H18N4O. The Balaban J connectivity index is 1.63. The van der Waals surface area contributed by atoms with Crippen LogP contribution in [-0.2, 0) is 13.1 Å². The van der Waals surface area contributed by atoms with Crippen LogP contribution in [0, 0.1) is 0 Å². The Hall–Kier alpha value is -1.88. The Labute approximate surface area is 112 Å². The molecule has 1 saturated carbocycles. The lowest BCUT2D eigenvalue weighted by atomic mass is 10.3. The van der Waals surface area contributed by atoms with Gasteiger partial charge in [0.1, 0.15) is 5.82 Å². The van der Waals surface area contributed by atoms with E-state index in [1.807, 2.05) is 19.3 Å². The van der Waals surface area contributed by atoms with Crippen molar-refractivity contribution in [2.24, 2.45) is 0 Å². The van der Waals surface area contributed by atoms with Crippen LogP contribution in [0.3, 0.4) is 0 Å². The molecule has 19 heavy (non-hydrogen) atoms. The van der Waals surface area contributed by atoms with Crippen molar-refractivity contribution in [2.45, 2.75) is 32.0 Å². The maximum Gasteiger partial charge on any atom is 0.147 e. The largest absolute Gasteiger partial charge is 0.472 e. The minimum atomic E-state index is 0.689. The summed E-state index contributed by atoms with van der Waals surface area (Å²) < 4.78 is 5.07. The number of nitrogens with one attached hydrogen (secondary N) is 1. The number of aromatic nitrogens is 2. The summed E-state index contributed by atoms with van der Waals surface area (Å²) in [5.41, 5.74) is 2.12. The molecule has 2 heterocycles. The van der Waals surface area contributed by atoms with E-state index in [0.717, 1.165) is 30.2 Å². The van der Waals surface area contributed by atoms with Gasteiger partial charge in [0.05, 0.1) is 24.4 Å². The molecule has 1 fully saturated rings. The lowest BCUT2D eigenvalue weighted by molar-refractivity contribution is 0.563. The lowest BCUT2D eigenvalue weighted by Crippen LogP contribution is -2.20. The van der Waals surface area contributed by atoms with Crippen LogP contribution in [0.1, 0.15) is 24.1 Å². The Bertz CT molecular complexity index is 522. The van der Waals surface area contributed by atoms with Gasteiger partial charge in [-0.25, -0.2) is 4.98 Å². The van der Waals surface area contributed by atoms with Gasteiger partial charge in [-0.2, -0.15) is 0 Å². The van der Waals surface area contributed by atoms with E-state index >= 15 is 0 Å². The Morgan fingerprint density at radius 1 is 1.42 bits per heavy atom. The minimum absolute atomic E-state index is 0.689. The molecule has 0 radical (unpaired) electrons. The molecule has 0 bridgehead atoms. The molecule has 1 aliphatic carbocycles. The first-order valence-electron chi connectivity index (χ1n) is 6.58. The molecule has 2 aromatic heterocycles. The summed E-state index contributed by atoms with van der Waals surface area (Å²) in [7, 11) is 2.01. The zero-order valence-corrected chi connectivity index (χ0v) is 11.0. The molecule has 100 valence electrons. The van der Waals surface area contributed by atoms with E-state index in [1.54, 1.807) is 18.7 Å². The van der Waals surface area contributed by atoms with Gasteiger partial charge in [-0.3, -0.25) is 4.98 Å². The zero-order chi connectivity index (χ0) is 13.1. The van der Waals surface area contributed by atoms with Gasteiger partial charge in [0.25, 0.3) is 0 Å². The normalized spacial score (nSPS) is 14.6. The zero-order valence-electron chi connectivity index (χ0n) is 11.0. The van der Waals surface area contributed by atoms with Crippen molar-refractivity contribution in [3.05, 3.63) is 42.2 Å². The molecule has 0 atom stereocenters. The topological polar surface area (TPSA) is 54.2 Å². The third-order valence-corrected chi connectivity index (χ3v) is 3.21. The first-order valence-corrected chi connectivity index (χ1v) is 6.58. The van der Waals surface area contributed by atoms with Gasteiger partial charge in [-0.05, 0) is 18.9 Å². The van der Waals surface area contributed by atoms with Gasteiger partial charge in [-0.1, -0.05) is 0 Å². The van der Waals surface area contributed by atoms with Crippen molar-refractivity contribution in [1.82, 2.24) is 15.3 Å². The van der Waals surface area contributed by atoms with E-state index in [0.29, 0.717) is 6.04 Å². The molecule has 1 aliphatic rings. The van der Waals surface area contributed by atoms with Gasteiger partial charge in [0.15, 0.2) is 0 Å². The van der Waals surface area contributed by atoms with Crippen molar-refractivity contribution < 1.29 is 4.42 Å². The summed E-state index contributed by atoms with van der Waals surface area (Å²) in [5, 5.41) is 3.45. The number of rotatable bonds is 6. The predicted octanol–water partition coefficient (Wildman–Crippen LogP) is 1.96. The monoisotopic (exact) mass is 258 g/mol. The summed E-state index contributed by atoms with van der Waals surface area (Å²) in [4.78, 5) is 11.0. The summed E-state index contributed by atoms with van der Waals surface area (Å²) in [6, 6.07) is 2.65. The SMILES string of the molecule is CN(Cc1ccoc1)c1cncc(CNC2CC2)n1. The van der Waals surface area contributed by atoms with Crippen molar-refractivity contribution in [2.75, 3.05) is 11.9 Å². The number of anilines is 1. The van der Waals surface area contributed by atoms with Gasteiger partial charge in [-0.15, -0.1) is 0 Å². The molecule has 0 spiro atoms. The minimum Gasteiger partial charge on any atom is -0.472 e. The molecule has 5 heteroatoms. The fraction of sp³-hybridized carbons (Fsp3) is 0.429. The van der Waals surface area contributed by atoms with E-state index in [4.69, 9.17) is 4.42 Å². The van der Waals surface area contributed by atoms with Crippen molar-refractivity contribution >= 4 is 5.82 Å². The van der Waals surface area contributed by atoms with Gasteiger partial charge < -0.3 is 14.6 Å². The Morgan fingerprint density at radius 3 is 3.05 bits per heavy atom. The highest BCUT2D eigenvalue weighted by molar-refractivity contribution is 5.36. The first kappa shape index (κ1) is 12.2. The fourth-order valence-electron chi connectivity index (χ4n) is 1.94. The first-order chi connectivity index (χ1) is 9.31. The van der Waals surface area contributed by atoms with Crippen LogP contribution in [0.5, 0.6) is 0 Å². The molecule has 0 aliphatic heterocycles. The molecule has 2 aromatic rings. The Morgan fingerprint density at radius 2 is 2.32 bits per heavy atom. The van der Waals surface area contributed by atoms with Gasteiger partial charge >= 0.3 is 0 Å². The molecule has 1 N–H and O–H groups in total. The number of furan rings is 1. The molecule has 5 nitrogen and oxygen atoms in total. The summed E-state index contributed by atoms with van der Waals surface area (Å²) in [6.07, 6.45) is 9.62. The highest BCUT2D eigenvalue weighted by atomic mass is 16.3. The number of nitrogens with zero attached hydrogens (tertiary/aromatic N) is 3. The maximum absolute atomic E-state index is 5.07. The third kappa shape index (κ3) is 3.32. The second kappa shape index (κ2) is 5.40. The van der Waals surface area contributed by atoms with Crippen LogP contribution in [0.25, 0.3) is 0 Å². The average molecular weight is 258 g/mol. The molecule has 0 amide bonds. The molecule has 0 aromatic carbocycles. The van der Waals surface area contributed by atoms with E-state index in [-0.39, 0.29) is 0 Å². The standard InChI is InChI=1S/C14H18N4O/c1-18(9-11-4-5-19-10-11)14-8-15-6-13(17-14)7-16-12-2-3-12/h4-6,8,10,12,16H,2-3,7,9H2,1H3. The second-order valence-electron chi connectivity index (χ2n) is 5.01. The van der Waals surface area contributed by atoms with Gasteiger partial charge in [0, 0.05) is 37.9 Å². The fourth-order valence-corrected chi connectivity index (χ4v) is 1.94. The van der Waals surface area contributed by atoms with E-state index in [1.165, 1.54) is 12.8 Å². The molecule has 0 saturated heterocycles. The molecule has 0 unspecified atom stereocenters. The quantitative estimate of drug-likeness (QED) is 0.858. The highest BCUT2D eigenvalue weighted by Gasteiger charge is 2.20. The molecule has 3 rings (SSSR count). The maximum atomic E-state index is 5.07. The highest BCUT2D eigenvalue weighted by Crippen LogP contribution is 2.19. The third-order valence-electron chi connectivity index (χ3n) is 3.21. The van der Waals surface area contributed by atoms with Crippen LogP contribution in [-0.4, -0.2) is 23.1 Å². The van der Waals surface area contributed by atoms with E-state index in [9.17, 15) is 0 Å². The van der Waals surface area contributed by atoms with Crippen molar-refractivity contribution in [3.8, 4) is 0 Å². The summed E-state index contributed by atoms with van der Waals surface area (Å²) in [6.45, 7) is 1.57. The van der Waals surface area contributed by atoms with Crippen molar-refractivity contribution in [3.63, 3.8) is 0 Å². The lowest BCUT2D eigenvalue weighted by Gasteiger charge is -2.17. The Kier molecular flexibility index (Phi) is 3.46. The van der Waals surface area contributed by atoms with E-state index < -0.39 is 0 Å². The smallest absolute Gasteiger partial charge is 0.147 e. The predicted molar refractivity (Wildman–Crippen MR) is 72.7 cm³/mol. The number of hydrogen-bond acceptors (Lipinski definition) is 5. The van der Waals surface area contributed by atoms with Crippen LogP contribution in [0.15, 0.2) is 35.4 Å². The van der Waals surface area contributed by atoms with Gasteiger partial charge in [0.2, 0.25) is 0 Å². The molecular weight excluding hydrogens is 240 g/mol. The number of hydrogen-bond donors (Lipinski definition) is 1. The van der Waals surface area contributed by atoms with E-state index in [2.05, 4.69) is 20.2 Å². The van der Waals surface area contributed by atoms with Crippen LogP contribution < -0.4 is 10.2 Å². The second-order valence-corrected chi connectivity index (χ2v) is 5.01. The van der Waals surface area contributed by atoms with Crippen LogP contribution >= 0.6 is 0 Å². The average Bonchev–Trinajstić information content (AvgIpc) is 3.13. The van der Waals surface area contributed by atoms with Crippen LogP contribution in [0.4, 0.5) is 5.82 Å². The summed E-state index contributed by atoms with van der Waals surface area (Å²) >= 11 is 0. The summed E-state index contributed by atoms with van der Waals surface area (Å²) in [5.74, 6) is 0.885. The van der Waals surface area contributed by atoms with Crippen LogP contribution in [0.2, 0.25) is 0 Å².